The van der Waals surface area contributed by atoms with Crippen molar-refractivity contribution in [2.45, 2.75) is 13.5 Å². The van der Waals surface area contributed by atoms with Crippen LogP contribution in [0.5, 0.6) is 11.5 Å². The molecule has 0 unspecified atom stereocenters. The zero-order chi connectivity index (χ0) is 21.1. The van der Waals surface area contributed by atoms with Crippen LogP contribution in [-0.2, 0) is 11.4 Å². The second-order valence-electron chi connectivity index (χ2n) is 6.85. The van der Waals surface area contributed by atoms with E-state index in [1.54, 1.807) is 6.08 Å². The lowest BCUT2D eigenvalue weighted by molar-refractivity contribution is -0.113. The summed E-state index contributed by atoms with van der Waals surface area (Å²) in [5.41, 5.74) is 3.37. The molecule has 2 amide bonds. The number of carbonyl (C=O) groups excluding carboxylic acids is 2. The summed E-state index contributed by atoms with van der Waals surface area (Å²) in [6.45, 7) is 2.44. The van der Waals surface area contributed by atoms with E-state index < -0.39 is 5.91 Å². The molecule has 1 N–H and O–H groups in total. The Kier molecular flexibility index (Phi) is 5.59. The average Bonchev–Trinajstić information content (AvgIpc) is 3.02. The van der Waals surface area contributed by atoms with Gasteiger partial charge >= 0.3 is 0 Å². The molecule has 1 heterocycles. The molecule has 0 bridgehead atoms. The number of amides is 2. The summed E-state index contributed by atoms with van der Waals surface area (Å²) < 4.78 is 5.97. The van der Waals surface area contributed by atoms with E-state index in [9.17, 15) is 14.7 Å². The van der Waals surface area contributed by atoms with E-state index in [2.05, 4.69) is 0 Å². The van der Waals surface area contributed by atoms with Crippen molar-refractivity contribution in [3.63, 3.8) is 0 Å². The monoisotopic (exact) mass is 417 g/mol. The first-order valence-corrected chi connectivity index (χ1v) is 10.2. The quantitative estimate of drug-likeness (QED) is 0.554. The van der Waals surface area contributed by atoms with Crippen LogP contribution in [0, 0.1) is 6.92 Å². The molecule has 0 aromatic heterocycles. The number of rotatable bonds is 5. The number of imide groups is 1. The first-order valence-electron chi connectivity index (χ1n) is 9.35. The van der Waals surface area contributed by atoms with Gasteiger partial charge in [-0.1, -0.05) is 48.0 Å². The summed E-state index contributed by atoms with van der Waals surface area (Å²) in [7, 11) is 0. The summed E-state index contributed by atoms with van der Waals surface area (Å²) in [5.74, 6) is 0.305. The van der Waals surface area contributed by atoms with Gasteiger partial charge in [-0.3, -0.25) is 9.59 Å². The molecule has 1 aliphatic heterocycles. The highest BCUT2D eigenvalue weighted by molar-refractivity contribution is 8.19. The molecule has 3 aromatic carbocycles. The first-order chi connectivity index (χ1) is 14.5. The van der Waals surface area contributed by atoms with Gasteiger partial charge in [0.15, 0.2) is 0 Å². The van der Waals surface area contributed by atoms with Crippen molar-refractivity contribution in [3.05, 3.63) is 94.4 Å². The van der Waals surface area contributed by atoms with Crippen molar-refractivity contribution in [2.75, 3.05) is 4.90 Å². The zero-order valence-electron chi connectivity index (χ0n) is 16.2. The Balaban J connectivity index is 1.56. The van der Waals surface area contributed by atoms with E-state index in [1.807, 2.05) is 55.5 Å². The molecule has 0 spiro atoms. The number of hydrogen-bond donors (Lipinski definition) is 1. The van der Waals surface area contributed by atoms with Gasteiger partial charge in [0.05, 0.1) is 10.6 Å². The standard InChI is InChI=1S/C24H19NO4S/c1-16-6-8-17(9-7-16)15-29-21-5-3-2-4-18(21)14-22-23(27)25(24(28)30-22)19-10-12-20(26)13-11-19/h2-14,26H,15H2,1H3/b22-14-. The molecule has 5 nitrogen and oxygen atoms in total. The molecule has 150 valence electrons. The Labute approximate surface area is 178 Å². The lowest BCUT2D eigenvalue weighted by Crippen LogP contribution is -2.27. The summed E-state index contributed by atoms with van der Waals surface area (Å²) in [5, 5.41) is 9.06. The molecular weight excluding hydrogens is 398 g/mol. The Morgan fingerprint density at radius 1 is 0.967 bits per heavy atom. The Bertz CT molecular complexity index is 1120. The van der Waals surface area contributed by atoms with Crippen LogP contribution < -0.4 is 9.64 Å². The third-order valence-electron chi connectivity index (χ3n) is 4.62. The van der Waals surface area contributed by atoms with E-state index in [1.165, 1.54) is 29.8 Å². The van der Waals surface area contributed by atoms with E-state index >= 15 is 0 Å². The van der Waals surface area contributed by atoms with Crippen LogP contribution in [0.3, 0.4) is 0 Å². The van der Waals surface area contributed by atoms with Crippen LogP contribution in [-0.4, -0.2) is 16.3 Å². The minimum atomic E-state index is -0.399. The predicted molar refractivity (Wildman–Crippen MR) is 119 cm³/mol. The summed E-state index contributed by atoms with van der Waals surface area (Å²) in [6.07, 6.45) is 1.68. The SMILES string of the molecule is Cc1ccc(COc2ccccc2/C=C2\SC(=O)N(c3ccc(O)cc3)C2=O)cc1. The van der Waals surface area contributed by atoms with Gasteiger partial charge in [-0.25, -0.2) is 4.90 Å². The van der Waals surface area contributed by atoms with Crippen molar-refractivity contribution >= 4 is 34.7 Å². The molecule has 1 aliphatic rings. The third-order valence-corrected chi connectivity index (χ3v) is 5.49. The number of para-hydroxylation sites is 1. The van der Waals surface area contributed by atoms with E-state index in [-0.39, 0.29) is 11.0 Å². The van der Waals surface area contributed by atoms with Gasteiger partial charge in [-0.05, 0) is 60.7 Å². The minimum absolute atomic E-state index is 0.0703. The molecule has 3 aromatic rings. The molecule has 0 saturated carbocycles. The normalized spacial score (nSPS) is 15.1. The number of nitrogens with zero attached hydrogens (tertiary/aromatic N) is 1. The summed E-state index contributed by atoms with van der Waals surface area (Å²) >= 11 is 0.881. The van der Waals surface area contributed by atoms with E-state index in [0.29, 0.717) is 22.9 Å². The van der Waals surface area contributed by atoms with Gasteiger partial charge in [0, 0.05) is 5.56 Å². The van der Waals surface area contributed by atoms with Gasteiger partial charge in [0.2, 0.25) is 0 Å². The van der Waals surface area contributed by atoms with E-state index in [4.69, 9.17) is 4.74 Å². The van der Waals surface area contributed by atoms with Crippen LogP contribution >= 0.6 is 11.8 Å². The molecule has 1 saturated heterocycles. The lowest BCUT2D eigenvalue weighted by Gasteiger charge is -2.12. The maximum absolute atomic E-state index is 12.8. The predicted octanol–water partition coefficient (Wildman–Crippen LogP) is 5.52. The molecule has 1 fully saturated rings. The second kappa shape index (κ2) is 8.47. The number of carbonyl (C=O) groups is 2. The van der Waals surface area contributed by atoms with Crippen molar-refractivity contribution in [2.24, 2.45) is 0 Å². The van der Waals surface area contributed by atoms with Gasteiger partial charge in [0.25, 0.3) is 11.1 Å². The smallest absolute Gasteiger partial charge is 0.298 e. The fourth-order valence-electron chi connectivity index (χ4n) is 3.01. The first kappa shape index (κ1) is 19.8. The minimum Gasteiger partial charge on any atom is -0.508 e. The average molecular weight is 417 g/mol. The van der Waals surface area contributed by atoms with Crippen LogP contribution in [0.4, 0.5) is 10.5 Å². The molecule has 0 radical (unpaired) electrons. The maximum Gasteiger partial charge on any atom is 0.298 e. The summed E-state index contributed by atoms with van der Waals surface area (Å²) in [4.78, 5) is 26.7. The molecular formula is C24H19NO4S. The number of phenolic OH excluding ortho intramolecular Hbond substituents is 1. The highest BCUT2D eigenvalue weighted by Crippen LogP contribution is 2.37. The summed E-state index contributed by atoms with van der Waals surface area (Å²) in [6, 6.07) is 21.4. The number of ether oxygens (including phenoxy) is 1. The van der Waals surface area contributed by atoms with Crippen molar-refractivity contribution in [3.8, 4) is 11.5 Å². The van der Waals surface area contributed by atoms with Crippen molar-refractivity contribution in [1.29, 1.82) is 0 Å². The fraction of sp³-hybridized carbons (Fsp3) is 0.0833. The number of aryl methyl sites for hydroxylation is 1. The Hall–Kier alpha value is -3.51. The lowest BCUT2D eigenvalue weighted by atomic mass is 10.1. The molecule has 4 rings (SSSR count). The van der Waals surface area contributed by atoms with Gasteiger partial charge in [-0.2, -0.15) is 0 Å². The van der Waals surface area contributed by atoms with Crippen LogP contribution in [0.1, 0.15) is 16.7 Å². The van der Waals surface area contributed by atoms with Crippen LogP contribution in [0.25, 0.3) is 6.08 Å². The molecule has 6 heteroatoms. The fourth-order valence-corrected chi connectivity index (χ4v) is 3.84. The molecule has 30 heavy (non-hydrogen) atoms. The number of thioether (sulfide) groups is 1. The largest absolute Gasteiger partial charge is 0.508 e. The zero-order valence-corrected chi connectivity index (χ0v) is 17.1. The third kappa shape index (κ3) is 4.23. The number of benzene rings is 3. The number of hydrogen-bond acceptors (Lipinski definition) is 5. The Morgan fingerprint density at radius 2 is 1.67 bits per heavy atom. The number of aromatic hydroxyl groups is 1. The second-order valence-corrected chi connectivity index (χ2v) is 7.84. The van der Waals surface area contributed by atoms with Gasteiger partial charge < -0.3 is 9.84 Å². The highest BCUT2D eigenvalue weighted by Gasteiger charge is 2.36. The number of phenols is 1. The van der Waals surface area contributed by atoms with E-state index in [0.717, 1.165) is 27.8 Å². The van der Waals surface area contributed by atoms with Crippen molar-refractivity contribution < 1.29 is 19.4 Å². The Morgan fingerprint density at radius 3 is 2.40 bits per heavy atom. The van der Waals surface area contributed by atoms with Crippen LogP contribution in [0.15, 0.2) is 77.7 Å². The van der Waals surface area contributed by atoms with Gasteiger partial charge in [0.1, 0.15) is 18.1 Å². The van der Waals surface area contributed by atoms with Crippen molar-refractivity contribution in [1.82, 2.24) is 0 Å². The van der Waals surface area contributed by atoms with Crippen LogP contribution in [0.2, 0.25) is 0 Å². The molecule has 0 atom stereocenters. The topological polar surface area (TPSA) is 66.8 Å². The highest BCUT2D eigenvalue weighted by atomic mass is 32.2. The maximum atomic E-state index is 12.8. The van der Waals surface area contributed by atoms with Gasteiger partial charge in [-0.15, -0.1) is 0 Å². The number of anilines is 1. The molecule has 0 aliphatic carbocycles.